The predicted octanol–water partition coefficient (Wildman–Crippen LogP) is 2.40. The van der Waals surface area contributed by atoms with E-state index in [0.717, 1.165) is 12.1 Å². The average molecular weight is 312 g/mol. The molecule has 3 rings (SSSR count). The monoisotopic (exact) mass is 312 g/mol. The third kappa shape index (κ3) is 2.45. The van der Waals surface area contributed by atoms with Crippen LogP contribution < -0.4 is 0 Å². The fraction of sp³-hybridized carbons (Fsp3) is 0.400. The summed E-state index contributed by atoms with van der Waals surface area (Å²) < 4.78 is 39.9. The number of aryl methyl sites for hydroxylation is 1. The van der Waals surface area contributed by atoms with Gasteiger partial charge in [-0.15, -0.1) is 0 Å². The smallest absolute Gasteiger partial charge is 0.391 e. The molecule has 1 saturated heterocycles. The van der Waals surface area contributed by atoms with Crippen LogP contribution in [-0.4, -0.2) is 39.7 Å². The Labute approximate surface area is 124 Å². The van der Waals surface area contributed by atoms with Crippen molar-refractivity contribution in [3.05, 3.63) is 35.5 Å². The lowest BCUT2D eigenvalue weighted by molar-refractivity contribution is -0.137. The van der Waals surface area contributed by atoms with E-state index in [1.807, 2.05) is 0 Å². The lowest BCUT2D eigenvalue weighted by Crippen LogP contribution is -2.30. The molecule has 1 amide bonds. The largest absolute Gasteiger partial charge is 0.416 e. The topological polar surface area (TPSA) is 45.5 Å². The Bertz CT molecular complexity index is 736. The Kier molecular flexibility index (Phi) is 3.40. The highest BCUT2D eigenvalue weighted by Gasteiger charge is 2.31. The van der Waals surface area contributed by atoms with Gasteiger partial charge in [-0.25, -0.2) is 0 Å². The first kappa shape index (κ1) is 14.9. The van der Waals surface area contributed by atoms with Crippen molar-refractivity contribution >= 4 is 16.8 Å². The van der Waals surface area contributed by atoms with Crippen LogP contribution in [0.15, 0.2) is 24.3 Å². The van der Waals surface area contributed by atoms with Gasteiger partial charge in [0.15, 0.2) is 0 Å². The molecule has 4 nitrogen and oxygen atoms in total. The van der Waals surface area contributed by atoms with E-state index in [2.05, 4.69) is 0 Å². The number of β-amino-alcohol motifs (C(OH)–C–C–N with tert-alkyl or cyclic N) is 1. The highest BCUT2D eigenvalue weighted by Crippen LogP contribution is 2.32. The average Bonchev–Trinajstić information content (AvgIpc) is 3.01. The summed E-state index contributed by atoms with van der Waals surface area (Å²) in [5.41, 5.74) is 0.153. The number of carbonyl (C=O) groups excluding carboxylic acids is 1. The number of rotatable bonds is 1. The van der Waals surface area contributed by atoms with Crippen LogP contribution in [0.1, 0.15) is 22.5 Å². The predicted molar refractivity (Wildman–Crippen MR) is 74.4 cm³/mol. The van der Waals surface area contributed by atoms with Crippen LogP contribution in [0.2, 0.25) is 0 Å². The van der Waals surface area contributed by atoms with E-state index in [9.17, 15) is 23.1 Å². The summed E-state index contributed by atoms with van der Waals surface area (Å²) >= 11 is 0. The van der Waals surface area contributed by atoms with E-state index < -0.39 is 17.8 Å². The quantitative estimate of drug-likeness (QED) is 0.879. The van der Waals surface area contributed by atoms with Gasteiger partial charge in [-0.2, -0.15) is 13.2 Å². The van der Waals surface area contributed by atoms with Gasteiger partial charge >= 0.3 is 6.18 Å². The molecular weight excluding hydrogens is 297 g/mol. The molecule has 1 aliphatic rings. The standard InChI is InChI=1S/C15H15F3N2O2/c1-19-12-3-2-10(15(16,17)18)6-9(12)7-13(19)14(22)20-5-4-11(21)8-20/h2-3,6-7,11,21H,4-5,8H2,1H3/t11-/m1/s1. The van der Waals surface area contributed by atoms with E-state index in [-0.39, 0.29) is 12.5 Å². The molecule has 2 heterocycles. The first-order valence-electron chi connectivity index (χ1n) is 6.91. The molecule has 1 fully saturated rings. The summed E-state index contributed by atoms with van der Waals surface area (Å²) in [4.78, 5) is 14.0. The molecule has 1 aromatic heterocycles. The van der Waals surface area contributed by atoms with Crippen molar-refractivity contribution in [3.63, 3.8) is 0 Å². The summed E-state index contributed by atoms with van der Waals surface area (Å²) in [5, 5.41) is 9.88. The second kappa shape index (κ2) is 5.01. The first-order valence-corrected chi connectivity index (χ1v) is 6.91. The molecule has 0 spiro atoms. The Morgan fingerprint density at radius 1 is 1.32 bits per heavy atom. The highest BCUT2D eigenvalue weighted by molar-refractivity contribution is 5.99. The van der Waals surface area contributed by atoms with E-state index in [1.165, 1.54) is 17.0 Å². The van der Waals surface area contributed by atoms with Crippen molar-refractivity contribution in [2.45, 2.75) is 18.7 Å². The fourth-order valence-corrected chi connectivity index (χ4v) is 2.82. The van der Waals surface area contributed by atoms with Crippen LogP contribution in [0.5, 0.6) is 0 Å². The minimum Gasteiger partial charge on any atom is -0.391 e. The van der Waals surface area contributed by atoms with Gasteiger partial charge in [0.05, 0.1) is 11.7 Å². The first-order chi connectivity index (χ1) is 10.3. The number of aliphatic hydroxyl groups is 1. The highest BCUT2D eigenvalue weighted by atomic mass is 19.4. The Balaban J connectivity index is 2.00. The van der Waals surface area contributed by atoms with Gasteiger partial charge < -0.3 is 14.6 Å². The van der Waals surface area contributed by atoms with Crippen LogP contribution in [0.3, 0.4) is 0 Å². The molecule has 0 unspecified atom stereocenters. The summed E-state index contributed by atoms with van der Waals surface area (Å²) in [7, 11) is 1.65. The molecule has 2 aromatic rings. The number of benzene rings is 1. The zero-order valence-corrected chi connectivity index (χ0v) is 11.9. The second-order valence-corrected chi connectivity index (χ2v) is 5.55. The SMILES string of the molecule is Cn1c(C(=O)N2CC[C@@H](O)C2)cc2cc(C(F)(F)F)ccc21. The van der Waals surface area contributed by atoms with Gasteiger partial charge in [0.2, 0.25) is 0 Å². The molecule has 1 aromatic carbocycles. The molecule has 0 saturated carbocycles. The number of hydrogen-bond donors (Lipinski definition) is 1. The van der Waals surface area contributed by atoms with Crippen molar-refractivity contribution in [1.29, 1.82) is 0 Å². The molecule has 22 heavy (non-hydrogen) atoms. The van der Waals surface area contributed by atoms with Crippen LogP contribution in [-0.2, 0) is 13.2 Å². The minimum atomic E-state index is -4.41. The number of alkyl halides is 3. The summed E-state index contributed by atoms with van der Waals surface area (Å²) in [6.45, 7) is 0.712. The summed E-state index contributed by atoms with van der Waals surface area (Å²) in [5.74, 6) is -0.274. The lowest BCUT2D eigenvalue weighted by Gasteiger charge is -2.15. The molecule has 1 aliphatic heterocycles. The van der Waals surface area contributed by atoms with Crippen molar-refractivity contribution in [1.82, 2.24) is 9.47 Å². The van der Waals surface area contributed by atoms with Gasteiger partial charge in [-0.05, 0) is 30.7 Å². The van der Waals surface area contributed by atoms with E-state index in [0.29, 0.717) is 29.6 Å². The number of aromatic nitrogens is 1. The number of hydrogen-bond acceptors (Lipinski definition) is 2. The van der Waals surface area contributed by atoms with Crippen molar-refractivity contribution in [2.24, 2.45) is 7.05 Å². The summed E-state index contributed by atoms with van der Waals surface area (Å²) in [6, 6.07) is 4.90. The molecule has 0 radical (unpaired) electrons. The maximum atomic E-state index is 12.8. The van der Waals surface area contributed by atoms with Gasteiger partial charge in [0.1, 0.15) is 5.69 Å². The number of likely N-dealkylation sites (tertiary alicyclic amines) is 1. The lowest BCUT2D eigenvalue weighted by atomic mass is 10.1. The molecule has 0 aliphatic carbocycles. The molecule has 1 atom stereocenters. The second-order valence-electron chi connectivity index (χ2n) is 5.55. The Morgan fingerprint density at radius 2 is 2.05 bits per heavy atom. The van der Waals surface area contributed by atoms with E-state index in [1.54, 1.807) is 11.6 Å². The molecular formula is C15H15F3N2O2. The van der Waals surface area contributed by atoms with Crippen molar-refractivity contribution < 1.29 is 23.1 Å². The number of amides is 1. The summed E-state index contributed by atoms with van der Waals surface area (Å²) in [6.07, 6.45) is -4.42. The van der Waals surface area contributed by atoms with Crippen LogP contribution in [0.4, 0.5) is 13.2 Å². The maximum Gasteiger partial charge on any atom is 0.416 e. The minimum absolute atomic E-state index is 0.258. The Hall–Kier alpha value is -2.02. The van der Waals surface area contributed by atoms with Gasteiger partial charge in [0.25, 0.3) is 5.91 Å². The molecule has 118 valence electrons. The zero-order chi connectivity index (χ0) is 16.1. The van der Waals surface area contributed by atoms with E-state index in [4.69, 9.17) is 0 Å². The van der Waals surface area contributed by atoms with Crippen LogP contribution in [0.25, 0.3) is 10.9 Å². The molecule has 7 heteroatoms. The molecule has 1 N–H and O–H groups in total. The van der Waals surface area contributed by atoms with Crippen molar-refractivity contribution in [3.8, 4) is 0 Å². The van der Waals surface area contributed by atoms with Crippen LogP contribution in [0, 0.1) is 0 Å². The maximum absolute atomic E-state index is 12.8. The third-order valence-corrected chi connectivity index (χ3v) is 4.04. The van der Waals surface area contributed by atoms with E-state index >= 15 is 0 Å². The van der Waals surface area contributed by atoms with Gasteiger partial charge in [-0.1, -0.05) is 0 Å². The zero-order valence-electron chi connectivity index (χ0n) is 11.9. The number of aliphatic hydroxyl groups excluding tert-OH is 1. The number of carbonyl (C=O) groups is 1. The number of halogens is 3. The fourth-order valence-electron chi connectivity index (χ4n) is 2.82. The third-order valence-electron chi connectivity index (χ3n) is 4.04. The van der Waals surface area contributed by atoms with Crippen molar-refractivity contribution in [2.75, 3.05) is 13.1 Å². The number of fused-ring (bicyclic) bond motifs is 1. The Morgan fingerprint density at radius 3 is 2.64 bits per heavy atom. The molecule has 0 bridgehead atoms. The normalized spacial score (nSPS) is 19.1. The van der Waals surface area contributed by atoms with Gasteiger partial charge in [0, 0.05) is 31.0 Å². The van der Waals surface area contributed by atoms with Gasteiger partial charge in [-0.3, -0.25) is 4.79 Å². The van der Waals surface area contributed by atoms with Crippen LogP contribution >= 0.6 is 0 Å². The number of nitrogens with zero attached hydrogens (tertiary/aromatic N) is 2.